The van der Waals surface area contributed by atoms with E-state index in [4.69, 9.17) is 9.63 Å². The number of aliphatic hydroxyl groups is 1. The van der Waals surface area contributed by atoms with Gasteiger partial charge < -0.3 is 9.63 Å². The number of benzene rings is 1. The first-order valence-electron chi connectivity index (χ1n) is 5.07. The number of aromatic nitrogens is 2. The van der Waals surface area contributed by atoms with Crippen molar-refractivity contribution in [2.24, 2.45) is 0 Å². The van der Waals surface area contributed by atoms with Gasteiger partial charge >= 0.3 is 6.18 Å². The van der Waals surface area contributed by atoms with Gasteiger partial charge in [0.05, 0.1) is 12.0 Å². The Morgan fingerprint density at radius 2 is 1.83 bits per heavy atom. The van der Waals surface area contributed by atoms with Crippen molar-refractivity contribution in [3.8, 4) is 0 Å². The van der Waals surface area contributed by atoms with Crippen molar-refractivity contribution in [1.82, 2.24) is 10.1 Å². The van der Waals surface area contributed by atoms with Crippen molar-refractivity contribution in [2.45, 2.75) is 19.2 Å². The summed E-state index contributed by atoms with van der Waals surface area (Å²) in [7, 11) is 0. The summed E-state index contributed by atoms with van der Waals surface area (Å²) in [4.78, 5) is 3.85. The van der Waals surface area contributed by atoms with Crippen LogP contribution >= 0.6 is 0 Å². The number of hydrogen-bond acceptors (Lipinski definition) is 4. The maximum Gasteiger partial charge on any atom is 0.416 e. The molecule has 96 valence electrons. The smallest absolute Gasteiger partial charge is 0.388 e. The average Bonchev–Trinajstić information content (AvgIpc) is 2.76. The Morgan fingerprint density at radius 3 is 2.33 bits per heavy atom. The van der Waals surface area contributed by atoms with E-state index >= 15 is 0 Å². The lowest BCUT2D eigenvalue weighted by Crippen LogP contribution is -2.04. The molecule has 0 spiro atoms. The molecule has 0 amide bonds. The van der Waals surface area contributed by atoms with Gasteiger partial charge in [0.15, 0.2) is 5.82 Å². The number of rotatable bonds is 3. The van der Waals surface area contributed by atoms with Crippen molar-refractivity contribution in [3.05, 3.63) is 47.1 Å². The van der Waals surface area contributed by atoms with Crippen LogP contribution in [-0.4, -0.2) is 15.2 Å². The van der Waals surface area contributed by atoms with Crippen molar-refractivity contribution >= 4 is 0 Å². The van der Waals surface area contributed by atoms with Gasteiger partial charge in [-0.05, 0) is 17.7 Å². The van der Waals surface area contributed by atoms with Gasteiger partial charge in [-0.15, -0.1) is 0 Å². The minimum absolute atomic E-state index is 0.150. The van der Waals surface area contributed by atoms with E-state index in [1.807, 2.05) is 0 Å². The first-order valence-corrected chi connectivity index (χ1v) is 5.07. The maximum absolute atomic E-state index is 12.3. The molecule has 0 saturated heterocycles. The molecule has 0 aliphatic rings. The quantitative estimate of drug-likeness (QED) is 0.916. The van der Waals surface area contributed by atoms with E-state index in [0.717, 1.165) is 12.1 Å². The molecule has 0 bridgehead atoms. The predicted molar refractivity (Wildman–Crippen MR) is 54.5 cm³/mol. The first-order chi connectivity index (χ1) is 8.49. The summed E-state index contributed by atoms with van der Waals surface area (Å²) >= 11 is 0. The van der Waals surface area contributed by atoms with Crippen molar-refractivity contribution in [1.29, 1.82) is 0 Å². The summed E-state index contributed by atoms with van der Waals surface area (Å²) in [6.45, 7) is -0.337. The molecule has 2 aromatic rings. The Morgan fingerprint density at radius 1 is 1.17 bits per heavy atom. The molecule has 4 nitrogen and oxygen atoms in total. The molecule has 0 radical (unpaired) electrons. The lowest BCUT2D eigenvalue weighted by Gasteiger charge is -2.06. The van der Waals surface area contributed by atoms with E-state index in [1.165, 1.54) is 12.1 Å². The van der Waals surface area contributed by atoms with Gasteiger partial charge in [-0.25, -0.2) is 0 Å². The SMILES string of the molecule is OCc1noc(Cc2ccc(C(F)(F)F)cc2)n1. The number of halogens is 3. The molecule has 1 N–H and O–H groups in total. The van der Waals surface area contributed by atoms with Crippen LogP contribution in [0.2, 0.25) is 0 Å². The van der Waals surface area contributed by atoms with E-state index in [2.05, 4.69) is 10.1 Å². The predicted octanol–water partition coefficient (Wildman–Crippen LogP) is 2.17. The van der Waals surface area contributed by atoms with Gasteiger partial charge in [0, 0.05) is 0 Å². The minimum Gasteiger partial charge on any atom is -0.388 e. The molecule has 0 atom stereocenters. The van der Waals surface area contributed by atoms with Crippen LogP contribution in [-0.2, 0) is 19.2 Å². The third-order valence-corrected chi connectivity index (χ3v) is 2.29. The molecular weight excluding hydrogens is 249 g/mol. The summed E-state index contributed by atoms with van der Waals surface area (Å²) in [5, 5.41) is 12.2. The Balaban J connectivity index is 2.11. The summed E-state index contributed by atoms with van der Waals surface area (Å²) in [5.41, 5.74) is -0.0797. The van der Waals surface area contributed by atoms with Gasteiger partial charge in [0.1, 0.15) is 6.61 Å². The van der Waals surface area contributed by atoms with Crippen LogP contribution in [0, 0.1) is 0 Å². The van der Waals surface area contributed by atoms with Crippen LogP contribution in [0.25, 0.3) is 0 Å². The van der Waals surface area contributed by atoms with Crippen molar-refractivity contribution in [2.75, 3.05) is 0 Å². The summed E-state index contributed by atoms with van der Waals surface area (Å²) in [6, 6.07) is 4.70. The number of hydrogen-bond donors (Lipinski definition) is 1. The largest absolute Gasteiger partial charge is 0.416 e. The normalized spacial score (nSPS) is 11.8. The lowest BCUT2D eigenvalue weighted by molar-refractivity contribution is -0.137. The monoisotopic (exact) mass is 258 g/mol. The van der Waals surface area contributed by atoms with E-state index in [0.29, 0.717) is 5.56 Å². The molecule has 0 aliphatic carbocycles. The zero-order valence-corrected chi connectivity index (χ0v) is 9.11. The highest BCUT2D eigenvalue weighted by Crippen LogP contribution is 2.29. The fraction of sp³-hybridized carbons (Fsp3) is 0.273. The standard InChI is InChI=1S/C11H9F3N2O2/c12-11(13,14)8-3-1-7(2-4-8)5-10-15-9(6-17)16-18-10/h1-4,17H,5-6H2. The molecule has 0 fully saturated rings. The molecule has 0 saturated carbocycles. The van der Waals surface area contributed by atoms with E-state index in [-0.39, 0.29) is 24.7 Å². The molecule has 1 aromatic heterocycles. The lowest BCUT2D eigenvalue weighted by atomic mass is 10.1. The molecule has 0 unspecified atom stereocenters. The van der Waals surface area contributed by atoms with Crippen LogP contribution in [0.4, 0.5) is 13.2 Å². The Bertz CT molecular complexity index is 520. The zero-order valence-electron chi connectivity index (χ0n) is 9.11. The second-order valence-corrected chi connectivity index (χ2v) is 3.63. The third kappa shape index (κ3) is 2.86. The number of aliphatic hydroxyl groups excluding tert-OH is 1. The fourth-order valence-corrected chi connectivity index (χ4v) is 1.41. The Hall–Kier alpha value is -1.89. The Kier molecular flexibility index (Phi) is 3.33. The maximum atomic E-state index is 12.3. The van der Waals surface area contributed by atoms with E-state index < -0.39 is 11.7 Å². The molecule has 0 aliphatic heterocycles. The highest BCUT2D eigenvalue weighted by atomic mass is 19.4. The first kappa shape index (κ1) is 12.6. The Labute approximate surface area is 100 Å². The molecule has 1 heterocycles. The topological polar surface area (TPSA) is 59.2 Å². The molecule has 2 rings (SSSR count). The zero-order chi connectivity index (χ0) is 13.2. The van der Waals surface area contributed by atoms with Crippen molar-refractivity contribution < 1.29 is 22.8 Å². The highest BCUT2D eigenvalue weighted by Gasteiger charge is 2.29. The van der Waals surface area contributed by atoms with E-state index in [9.17, 15) is 13.2 Å². The van der Waals surface area contributed by atoms with Crippen molar-refractivity contribution in [3.63, 3.8) is 0 Å². The van der Waals surface area contributed by atoms with E-state index in [1.54, 1.807) is 0 Å². The molecule has 1 aromatic carbocycles. The van der Waals surface area contributed by atoms with Gasteiger partial charge in [-0.3, -0.25) is 0 Å². The summed E-state index contributed by atoms with van der Waals surface area (Å²) < 4.78 is 41.8. The van der Waals surface area contributed by atoms with Crippen LogP contribution in [0.3, 0.4) is 0 Å². The molecular formula is C11H9F3N2O2. The second-order valence-electron chi connectivity index (χ2n) is 3.63. The summed E-state index contributed by atoms with van der Waals surface area (Å²) in [5.74, 6) is 0.399. The average molecular weight is 258 g/mol. The number of alkyl halides is 3. The van der Waals surface area contributed by atoms with Crippen LogP contribution in [0.15, 0.2) is 28.8 Å². The van der Waals surface area contributed by atoms with Crippen LogP contribution in [0.1, 0.15) is 22.8 Å². The second kappa shape index (κ2) is 4.77. The van der Waals surface area contributed by atoms with Crippen LogP contribution in [0.5, 0.6) is 0 Å². The van der Waals surface area contributed by atoms with Gasteiger partial charge in [0.2, 0.25) is 5.89 Å². The molecule has 18 heavy (non-hydrogen) atoms. The minimum atomic E-state index is -4.34. The molecule has 7 heteroatoms. The number of nitrogens with zero attached hydrogens (tertiary/aromatic N) is 2. The van der Waals surface area contributed by atoms with Gasteiger partial charge in [0.25, 0.3) is 0 Å². The van der Waals surface area contributed by atoms with Gasteiger partial charge in [-0.2, -0.15) is 18.2 Å². The fourth-order valence-electron chi connectivity index (χ4n) is 1.41. The van der Waals surface area contributed by atoms with Gasteiger partial charge in [-0.1, -0.05) is 17.3 Å². The summed E-state index contributed by atoms with van der Waals surface area (Å²) in [6.07, 6.45) is -4.11. The third-order valence-electron chi connectivity index (χ3n) is 2.29. The highest BCUT2D eigenvalue weighted by molar-refractivity contribution is 5.26. The van der Waals surface area contributed by atoms with Crippen LogP contribution < -0.4 is 0 Å².